The molecule has 1 amide bonds. The largest absolute Gasteiger partial charge is 0.336 e. The molecule has 118 valence electrons. The second-order valence-electron chi connectivity index (χ2n) is 6.13. The number of H-pyrrole nitrogens is 1. The fourth-order valence-corrected chi connectivity index (χ4v) is 2.85. The van der Waals surface area contributed by atoms with E-state index in [0.717, 1.165) is 44.6 Å². The van der Waals surface area contributed by atoms with E-state index in [1.165, 1.54) is 0 Å². The molecule has 1 aromatic heterocycles. The maximum atomic E-state index is 12.4. The predicted molar refractivity (Wildman–Crippen MR) is 82.2 cm³/mol. The first-order valence-corrected chi connectivity index (χ1v) is 7.95. The predicted octanol–water partition coefficient (Wildman–Crippen LogP) is 1.70. The summed E-state index contributed by atoms with van der Waals surface area (Å²) in [4.78, 5) is 21.0. The van der Waals surface area contributed by atoms with Crippen molar-refractivity contribution >= 4 is 5.91 Å². The molecule has 1 N–H and O–H groups in total. The van der Waals surface area contributed by atoms with Crippen LogP contribution in [-0.2, 0) is 6.42 Å². The zero-order chi connectivity index (χ0) is 15.4. The molecule has 1 aliphatic heterocycles. The topological polar surface area (TPSA) is 65.1 Å². The lowest BCUT2D eigenvalue weighted by Gasteiger charge is -2.38. The van der Waals surface area contributed by atoms with Crippen molar-refractivity contribution in [2.75, 3.05) is 20.1 Å². The fourth-order valence-electron chi connectivity index (χ4n) is 2.85. The normalized spacial score (nSPS) is 17.4. The SMILES string of the molecule is CCCc1nc(C(=O)N(C)C2CCN(C(C)C)CC2)n[nH]1. The first-order chi connectivity index (χ1) is 10.0. The minimum absolute atomic E-state index is 0.0726. The van der Waals surface area contributed by atoms with Crippen molar-refractivity contribution in [3.05, 3.63) is 11.6 Å². The van der Waals surface area contributed by atoms with Crippen molar-refractivity contribution in [1.29, 1.82) is 0 Å². The first-order valence-electron chi connectivity index (χ1n) is 7.95. The van der Waals surface area contributed by atoms with Gasteiger partial charge in [0.05, 0.1) is 0 Å². The van der Waals surface area contributed by atoms with Gasteiger partial charge in [-0.1, -0.05) is 6.92 Å². The molecule has 2 heterocycles. The Hall–Kier alpha value is -1.43. The molecule has 0 radical (unpaired) electrons. The van der Waals surface area contributed by atoms with Gasteiger partial charge in [-0.05, 0) is 33.1 Å². The van der Waals surface area contributed by atoms with E-state index in [9.17, 15) is 4.79 Å². The molecule has 21 heavy (non-hydrogen) atoms. The summed E-state index contributed by atoms with van der Waals surface area (Å²) in [6.45, 7) is 8.62. The zero-order valence-corrected chi connectivity index (χ0v) is 13.6. The maximum Gasteiger partial charge on any atom is 0.293 e. The quantitative estimate of drug-likeness (QED) is 0.897. The van der Waals surface area contributed by atoms with Gasteiger partial charge in [0.25, 0.3) is 5.91 Å². The molecule has 0 unspecified atom stereocenters. The number of carbonyl (C=O) groups excluding carboxylic acids is 1. The van der Waals surface area contributed by atoms with Crippen LogP contribution < -0.4 is 0 Å². The molecule has 6 nitrogen and oxygen atoms in total. The Morgan fingerprint density at radius 2 is 2.10 bits per heavy atom. The summed E-state index contributed by atoms with van der Waals surface area (Å²) in [5, 5.41) is 6.91. The minimum atomic E-state index is -0.0726. The Balaban J connectivity index is 1.93. The van der Waals surface area contributed by atoms with Gasteiger partial charge in [0.15, 0.2) is 0 Å². The van der Waals surface area contributed by atoms with E-state index >= 15 is 0 Å². The first kappa shape index (κ1) is 15.9. The third kappa shape index (κ3) is 3.81. The smallest absolute Gasteiger partial charge is 0.293 e. The molecule has 1 aliphatic rings. The van der Waals surface area contributed by atoms with E-state index in [1.54, 1.807) is 0 Å². The lowest BCUT2D eigenvalue weighted by Crippen LogP contribution is -2.47. The van der Waals surface area contributed by atoms with Crippen molar-refractivity contribution in [3.8, 4) is 0 Å². The van der Waals surface area contributed by atoms with Crippen LogP contribution in [-0.4, -0.2) is 63.1 Å². The molecule has 1 saturated heterocycles. The molecule has 2 rings (SSSR count). The summed E-state index contributed by atoms with van der Waals surface area (Å²) in [5.41, 5.74) is 0. The highest BCUT2D eigenvalue weighted by molar-refractivity contribution is 5.90. The lowest BCUT2D eigenvalue weighted by atomic mass is 10.0. The lowest BCUT2D eigenvalue weighted by molar-refractivity contribution is 0.0604. The van der Waals surface area contributed by atoms with E-state index in [1.807, 2.05) is 11.9 Å². The van der Waals surface area contributed by atoms with Gasteiger partial charge < -0.3 is 9.80 Å². The Morgan fingerprint density at radius 3 is 2.67 bits per heavy atom. The Morgan fingerprint density at radius 1 is 1.43 bits per heavy atom. The van der Waals surface area contributed by atoms with E-state index in [0.29, 0.717) is 17.9 Å². The number of nitrogens with zero attached hydrogens (tertiary/aromatic N) is 4. The van der Waals surface area contributed by atoms with E-state index in [2.05, 4.69) is 40.9 Å². The zero-order valence-electron chi connectivity index (χ0n) is 13.6. The standard InChI is InChI=1S/C15H27N5O/c1-5-6-13-16-14(18-17-13)15(21)19(4)12-7-9-20(10-8-12)11(2)3/h11-12H,5-10H2,1-4H3,(H,16,17,18). The number of likely N-dealkylation sites (tertiary alicyclic amines) is 1. The van der Waals surface area contributed by atoms with Crippen molar-refractivity contribution in [3.63, 3.8) is 0 Å². The highest BCUT2D eigenvalue weighted by Crippen LogP contribution is 2.18. The summed E-state index contributed by atoms with van der Waals surface area (Å²) >= 11 is 0. The van der Waals surface area contributed by atoms with Crippen molar-refractivity contribution in [2.45, 2.75) is 58.5 Å². The van der Waals surface area contributed by atoms with Crippen LogP contribution in [0, 0.1) is 0 Å². The Labute approximate surface area is 126 Å². The molecule has 6 heteroatoms. The monoisotopic (exact) mass is 293 g/mol. The Bertz CT molecular complexity index is 462. The molecule has 0 spiro atoms. The minimum Gasteiger partial charge on any atom is -0.336 e. The van der Waals surface area contributed by atoms with Crippen LogP contribution in [0.3, 0.4) is 0 Å². The number of nitrogens with one attached hydrogen (secondary N) is 1. The molecule has 0 bridgehead atoms. The fraction of sp³-hybridized carbons (Fsp3) is 0.800. The van der Waals surface area contributed by atoms with Gasteiger partial charge in [-0.25, -0.2) is 4.98 Å². The molecule has 0 aliphatic carbocycles. The number of aromatic nitrogens is 3. The van der Waals surface area contributed by atoms with Crippen molar-refractivity contribution in [2.24, 2.45) is 0 Å². The molecule has 0 atom stereocenters. The van der Waals surface area contributed by atoms with Crippen LogP contribution in [0.5, 0.6) is 0 Å². The van der Waals surface area contributed by atoms with Crippen LogP contribution in [0.25, 0.3) is 0 Å². The summed E-state index contributed by atoms with van der Waals surface area (Å²) in [6, 6.07) is 0.872. The van der Waals surface area contributed by atoms with Crippen LogP contribution in [0.2, 0.25) is 0 Å². The van der Waals surface area contributed by atoms with E-state index in [4.69, 9.17) is 0 Å². The number of hydrogen-bond acceptors (Lipinski definition) is 4. The number of rotatable bonds is 5. The number of piperidine rings is 1. The number of hydrogen-bond donors (Lipinski definition) is 1. The second kappa shape index (κ2) is 7.02. The summed E-state index contributed by atoms with van der Waals surface area (Å²) in [5.74, 6) is 1.02. The van der Waals surface area contributed by atoms with Gasteiger partial charge in [0.1, 0.15) is 5.82 Å². The average molecular weight is 293 g/mol. The summed E-state index contributed by atoms with van der Waals surface area (Å²) in [6.07, 6.45) is 3.86. The summed E-state index contributed by atoms with van der Waals surface area (Å²) < 4.78 is 0. The molecular formula is C15H27N5O. The second-order valence-corrected chi connectivity index (χ2v) is 6.13. The molecular weight excluding hydrogens is 266 g/mol. The molecule has 0 aromatic carbocycles. The van der Waals surface area contributed by atoms with E-state index in [-0.39, 0.29) is 5.91 Å². The third-order valence-electron chi connectivity index (χ3n) is 4.31. The van der Waals surface area contributed by atoms with Gasteiger partial charge >= 0.3 is 0 Å². The van der Waals surface area contributed by atoms with Crippen LogP contribution in [0.15, 0.2) is 0 Å². The average Bonchev–Trinajstić information content (AvgIpc) is 2.95. The highest BCUT2D eigenvalue weighted by Gasteiger charge is 2.28. The van der Waals surface area contributed by atoms with Crippen LogP contribution >= 0.6 is 0 Å². The summed E-state index contributed by atoms with van der Waals surface area (Å²) in [7, 11) is 1.87. The number of aromatic amines is 1. The maximum absolute atomic E-state index is 12.4. The van der Waals surface area contributed by atoms with Gasteiger partial charge in [-0.3, -0.25) is 9.89 Å². The molecule has 1 aromatic rings. The molecule has 1 fully saturated rings. The van der Waals surface area contributed by atoms with Crippen LogP contribution in [0.4, 0.5) is 0 Å². The van der Waals surface area contributed by atoms with E-state index < -0.39 is 0 Å². The Kier molecular flexibility index (Phi) is 5.33. The number of amides is 1. The van der Waals surface area contributed by atoms with Gasteiger partial charge in [-0.15, -0.1) is 5.10 Å². The van der Waals surface area contributed by atoms with Gasteiger partial charge in [0.2, 0.25) is 5.82 Å². The van der Waals surface area contributed by atoms with Crippen molar-refractivity contribution in [1.82, 2.24) is 25.0 Å². The number of carbonyl (C=O) groups is 1. The number of aryl methyl sites for hydroxylation is 1. The highest BCUT2D eigenvalue weighted by atomic mass is 16.2. The van der Waals surface area contributed by atoms with Crippen molar-refractivity contribution < 1.29 is 4.79 Å². The molecule has 0 saturated carbocycles. The van der Waals surface area contributed by atoms with Gasteiger partial charge in [-0.2, -0.15) is 0 Å². The van der Waals surface area contributed by atoms with Gasteiger partial charge in [0, 0.05) is 38.6 Å². The van der Waals surface area contributed by atoms with Crippen LogP contribution in [0.1, 0.15) is 56.5 Å². The third-order valence-corrected chi connectivity index (χ3v) is 4.31.